The number of nitro groups is 1. The first-order valence-electron chi connectivity index (χ1n) is 8.09. The molecule has 2 aromatic carbocycles. The van der Waals surface area contributed by atoms with Crippen molar-refractivity contribution in [1.82, 2.24) is 10.2 Å². The summed E-state index contributed by atoms with van der Waals surface area (Å²) >= 11 is 8.06. The molecule has 2 N–H and O–H groups in total. The van der Waals surface area contributed by atoms with Crippen molar-refractivity contribution >= 4 is 63.0 Å². The normalized spacial score (nSPS) is 10.5. The van der Waals surface area contributed by atoms with Gasteiger partial charge in [0.1, 0.15) is 5.82 Å². The number of benzene rings is 2. The molecule has 0 aliphatic heterocycles. The number of aromatic nitrogens is 2. The number of halogens is 2. The number of nitro benzene ring substituents is 1. The number of rotatable bonds is 7. The van der Waals surface area contributed by atoms with Crippen LogP contribution in [0.3, 0.4) is 0 Å². The fraction of sp³-hybridized carbons (Fsp3) is 0.0588. The average Bonchev–Trinajstić information content (AvgIpc) is 3.15. The molecule has 3 rings (SSSR count). The number of hydrogen-bond acceptors (Lipinski definition) is 8. The summed E-state index contributed by atoms with van der Waals surface area (Å²) < 4.78 is 13.3. The van der Waals surface area contributed by atoms with E-state index in [4.69, 9.17) is 11.6 Å². The number of non-ortho nitro benzene ring substituents is 1. The van der Waals surface area contributed by atoms with Gasteiger partial charge in [0.05, 0.1) is 21.3 Å². The van der Waals surface area contributed by atoms with Crippen LogP contribution in [-0.2, 0) is 4.79 Å². The fourth-order valence-corrected chi connectivity index (χ4v) is 3.89. The Morgan fingerprint density at radius 3 is 2.60 bits per heavy atom. The molecule has 0 fully saturated rings. The molecule has 0 unspecified atom stereocenters. The van der Waals surface area contributed by atoms with E-state index in [-0.39, 0.29) is 33.1 Å². The highest BCUT2D eigenvalue weighted by molar-refractivity contribution is 8.01. The van der Waals surface area contributed by atoms with E-state index < -0.39 is 16.6 Å². The van der Waals surface area contributed by atoms with Crippen LogP contribution in [0.25, 0.3) is 0 Å². The van der Waals surface area contributed by atoms with Gasteiger partial charge < -0.3 is 5.32 Å². The minimum absolute atomic E-state index is 0.0245. The number of amides is 2. The monoisotopic (exact) mass is 467 g/mol. The second-order valence-electron chi connectivity index (χ2n) is 5.59. The van der Waals surface area contributed by atoms with Gasteiger partial charge in [0.15, 0.2) is 4.34 Å². The van der Waals surface area contributed by atoms with Gasteiger partial charge in [0.2, 0.25) is 11.0 Å². The maximum Gasteiger partial charge on any atom is 0.270 e. The van der Waals surface area contributed by atoms with Crippen molar-refractivity contribution in [3.63, 3.8) is 0 Å². The second kappa shape index (κ2) is 9.61. The van der Waals surface area contributed by atoms with Crippen LogP contribution in [0.5, 0.6) is 0 Å². The van der Waals surface area contributed by atoms with Gasteiger partial charge in [-0.05, 0) is 30.3 Å². The Kier molecular flexibility index (Phi) is 6.92. The summed E-state index contributed by atoms with van der Waals surface area (Å²) in [6.45, 7) is 0. The molecule has 2 amide bonds. The van der Waals surface area contributed by atoms with Crippen LogP contribution in [0.15, 0.2) is 46.8 Å². The van der Waals surface area contributed by atoms with Gasteiger partial charge in [0, 0.05) is 17.8 Å². The van der Waals surface area contributed by atoms with Gasteiger partial charge in [-0.3, -0.25) is 25.0 Å². The van der Waals surface area contributed by atoms with E-state index in [0.717, 1.165) is 29.2 Å². The number of hydrogen-bond donors (Lipinski definition) is 2. The average molecular weight is 468 g/mol. The van der Waals surface area contributed by atoms with Crippen LogP contribution in [0.1, 0.15) is 10.4 Å². The van der Waals surface area contributed by atoms with Crippen molar-refractivity contribution in [3.8, 4) is 0 Å². The summed E-state index contributed by atoms with van der Waals surface area (Å²) in [5.74, 6) is -1.38. The smallest absolute Gasteiger partial charge is 0.270 e. The van der Waals surface area contributed by atoms with Crippen molar-refractivity contribution in [1.29, 1.82) is 0 Å². The lowest BCUT2D eigenvalue weighted by Gasteiger charge is -2.04. The number of thioether (sulfide) groups is 1. The maximum atomic E-state index is 12.9. The highest BCUT2D eigenvalue weighted by Crippen LogP contribution is 2.27. The first-order valence-corrected chi connectivity index (χ1v) is 10.3. The SMILES string of the molecule is O=C(CSc1nnc(NC(=O)c2cc([N+](=O)[O-])ccc2Cl)s1)Nc1ccc(F)cc1. The molecule has 9 nitrogen and oxygen atoms in total. The Morgan fingerprint density at radius 1 is 1.17 bits per heavy atom. The van der Waals surface area contributed by atoms with Crippen LogP contribution in [0.4, 0.5) is 20.9 Å². The van der Waals surface area contributed by atoms with Crippen molar-refractivity contribution < 1.29 is 18.9 Å². The van der Waals surface area contributed by atoms with E-state index in [1.54, 1.807) is 0 Å². The molecule has 3 aromatic rings. The molecule has 0 bridgehead atoms. The van der Waals surface area contributed by atoms with Gasteiger partial charge >= 0.3 is 0 Å². The molecule has 1 heterocycles. The van der Waals surface area contributed by atoms with Gasteiger partial charge in [-0.2, -0.15) is 0 Å². The third-order valence-electron chi connectivity index (χ3n) is 3.49. The molecule has 0 spiro atoms. The minimum atomic E-state index is -0.676. The minimum Gasteiger partial charge on any atom is -0.325 e. The number of nitrogens with zero attached hydrogens (tertiary/aromatic N) is 3. The Hall–Kier alpha value is -3.09. The predicted octanol–water partition coefficient (Wildman–Crippen LogP) is 4.22. The van der Waals surface area contributed by atoms with E-state index in [9.17, 15) is 24.1 Å². The number of nitrogens with one attached hydrogen (secondary N) is 2. The molecular weight excluding hydrogens is 457 g/mol. The summed E-state index contributed by atoms with van der Waals surface area (Å²) in [6.07, 6.45) is 0. The standard InChI is InChI=1S/C17H11ClFN5O4S2/c18-13-6-5-11(24(27)28)7-12(13)15(26)21-16-22-23-17(30-16)29-8-14(25)20-10-3-1-9(19)2-4-10/h1-7H,8H2,(H,20,25)(H,21,22,26). The number of carbonyl (C=O) groups excluding carboxylic acids is 2. The topological polar surface area (TPSA) is 127 Å². The highest BCUT2D eigenvalue weighted by Gasteiger charge is 2.18. The van der Waals surface area contributed by atoms with E-state index in [1.807, 2.05) is 0 Å². The van der Waals surface area contributed by atoms with Crippen LogP contribution in [-0.4, -0.2) is 32.7 Å². The van der Waals surface area contributed by atoms with Crippen molar-refractivity contribution in [3.05, 3.63) is 69.0 Å². The Bertz CT molecular complexity index is 1110. The summed E-state index contributed by atoms with van der Waals surface area (Å²) in [7, 11) is 0. The van der Waals surface area contributed by atoms with Crippen molar-refractivity contribution in [2.45, 2.75) is 4.34 Å². The van der Waals surface area contributed by atoms with Gasteiger partial charge in [-0.15, -0.1) is 10.2 Å². The van der Waals surface area contributed by atoms with Crippen LogP contribution in [0.2, 0.25) is 5.02 Å². The lowest BCUT2D eigenvalue weighted by molar-refractivity contribution is -0.384. The van der Waals surface area contributed by atoms with E-state index in [0.29, 0.717) is 10.0 Å². The first kappa shape index (κ1) is 21.6. The Balaban J connectivity index is 1.56. The molecule has 30 heavy (non-hydrogen) atoms. The first-order chi connectivity index (χ1) is 14.3. The Morgan fingerprint density at radius 2 is 1.90 bits per heavy atom. The quantitative estimate of drug-likeness (QED) is 0.230. The van der Waals surface area contributed by atoms with Crippen molar-refractivity contribution in [2.75, 3.05) is 16.4 Å². The molecule has 0 saturated carbocycles. The fourth-order valence-electron chi connectivity index (χ4n) is 2.14. The Labute approximate surface area is 181 Å². The molecule has 154 valence electrons. The van der Waals surface area contributed by atoms with Crippen LogP contribution >= 0.6 is 34.7 Å². The van der Waals surface area contributed by atoms with Gasteiger partial charge in [-0.25, -0.2) is 4.39 Å². The largest absolute Gasteiger partial charge is 0.325 e. The lowest BCUT2D eigenvalue weighted by Crippen LogP contribution is -2.13. The van der Waals surface area contributed by atoms with Crippen LogP contribution in [0, 0.1) is 15.9 Å². The molecule has 13 heteroatoms. The molecule has 0 atom stereocenters. The zero-order chi connectivity index (χ0) is 21.7. The molecular formula is C17H11ClFN5O4S2. The summed E-state index contributed by atoms with van der Waals surface area (Å²) in [6, 6.07) is 8.86. The maximum absolute atomic E-state index is 12.9. The lowest BCUT2D eigenvalue weighted by atomic mass is 10.2. The van der Waals surface area contributed by atoms with Crippen LogP contribution < -0.4 is 10.6 Å². The van der Waals surface area contributed by atoms with Gasteiger partial charge in [-0.1, -0.05) is 34.7 Å². The van der Waals surface area contributed by atoms with Gasteiger partial charge in [0.25, 0.3) is 11.6 Å². The summed E-state index contributed by atoms with van der Waals surface area (Å²) in [4.78, 5) is 34.5. The number of anilines is 2. The summed E-state index contributed by atoms with van der Waals surface area (Å²) in [5.41, 5.74) is 0.111. The predicted molar refractivity (Wildman–Crippen MR) is 112 cm³/mol. The zero-order valence-electron chi connectivity index (χ0n) is 14.8. The summed E-state index contributed by atoms with van der Waals surface area (Å²) in [5, 5.41) is 23.8. The van der Waals surface area contributed by atoms with E-state index in [2.05, 4.69) is 20.8 Å². The zero-order valence-corrected chi connectivity index (χ0v) is 17.2. The highest BCUT2D eigenvalue weighted by atomic mass is 35.5. The molecule has 0 saturated heterocycles. The molecule has 0 aliphatic carbocycles. The van der Waals surface area contributed by atoms with E-state index >= 15 is 0 Å². The molecule has 0 aliphatic rings. The second-order valence-corrected chi connectivity index (χ2v) is 8.20. The third-order valence-corrected chi connectivity index (χ3v) is 5.79. The molecule has 1 aromatic heterocycles. The third kappa shape index (κ3) is 5.72. The molecule has 0 radical (unpaired) electrons. The van der Waals surface area contributed by atoms with E-state index in [1.165, 1.54) is 36.4 Å². The van der Waals surface area contributed by atoms with Crippen molar-refractivity contribution in [2.24, 2.45) is 0 Å². The number of carbonyl (C=O) groups is 2.